The van der Waals surface area contributed by atoms with Gasteiger partial charge in [0.2, 0.25) is 0 Å². The molecule has 3 aliphatic rings. The number of halogens is 1. The number of hydrogen-bond acceptors (Lipinski definition) is 9. The standard InChI is InChI=1S/C38H53BrNO9P/c1-26(2)22-32(37(43)46-24-28-10-6-5-7-11-28)40-50(45,49-30-17-15-27(3)16-18-30)47-25-36-34(42)23-35(48-36)31-13-8-12-29(19-21-39)33(41)14-9-20-38(31,4)44/h5-7,10-12,15,17-19,21,26-27,31-32,34-36,42,44H,8-9,13-14,16,20,22-25H2,1-4H3,(H,40,45)/b21-19+,29-12-/t27?,31-,32-,34?,35+,36+,38+,50?/m0/s1. The Balaban J connectivity index is 1.49. The quantitative estimate of drug-likeness (QED) is 0.128. The summed E-state index contributed by atoms with van der Waals surface area (Å²) in [6.07, 6.45) is 10.4. The van der Waals surface area contributed by atoms with Crippen LogP contribution in [0.25, 0.3) is 0 Å². The maximum absolute atomic E-state index is 14.5. The van der Waals surface area contributed by atoms with E-state index in [4.69, 9.17) is 18.5 Å². The van der Waals surface area contributed by atoms with Gasteiger partial charge in [0.15, 0.2) is 5.78 Å². The van der Waals surface area contributed by atoms with E-state index in [1.54, 1.807) is 24.1 Å². The Kier molecular flexibility index (Phi) is 15.3. The smallest absolute Gasteiger partial charge is 0.459 e. The molecule has 3 N–H and O–H groups in total. The second-order valence-electron chi connectivity index (χ2n) is 14.3. The van der Waals surface area contributed by atoms with Crippen molar-refractivity contribution in [1.82, 2.24) is 5.09 Å². The van der Waals surface area contributed by atoms with Gasteiger partial charge in [-0.25, -0.2) is 4.57 Å². The molecule has 276 valence electrons. The number of nitrogens with one attached hydrogen (secondary N) is 1. The Bertz CT molecular complexity index is 1460. The molecule has 4 rings (SSSR count). The van der Waals surface area contributed by atoms with Gasteiger partial charge in [-0.1, -0.05) is 79.2 Å². The van der Waals surface area contributed by atoms with E-state index in [1.807, 2.05) is 62.4 Å². The van der Waals surface area contributed by atoms with Gasteiger partial charge in [-0.05, 0) is 86.1 Å². The Morgan fingerprint density at radius 2 is 2.00 bits per heavy atom. The molecule has 1 heterocycles. The third-order valence-corrected chi connectivity index (χ3v) is 11.3. The monoisotopic (exact) mass is 777 g/mol. The van der Waals surface area contributed by atoms with Gasteiger partial charge in [0.05, 0.1) is 24.4 Å². The number of rotatable bonds is 14. The van der Waals surface area contributed by atoms with Gasteiger partial charge in [-0.2, -0.15) is 5.09 Å². The van der Waals surface area contributed by atoms with Gasteiger partial charge >= 0.3 is 13.7 Å². The number of allylic oxidation sites excluding steroid dienone is 6. The molecule has 0 amide bonds. The molecule has 10 nitrogen and oxygen atoms in total. The Labute approximate surface area is 305 Å². The highest BCUT2D eigenvalue weighted by Crippen LogP contribution is 2.49. The molecule has 1 aliphatic heterocycles. The highest BCUT2D eigenvalue weighted by atomic mass is 79.9. The van der Waals surface area contributed by atoms with Crippen LogP contribution in [0.2, 0.25) is 0 Å². The number of Topliss-reactive ketones (excluding diaryl/α,β-unsaturated/α-hetero) is 1. The van der Waals surface area contributed by atoms with Crippen LogP contribution in [-0.2, 0) is 39.3 Å². The number of ether oxygens (including phenoxy) is 2. The van der Waals surface area contributed by atoms with Crippen LogP contribution in [0.15, 0.2) is 77.0 Å². The van der Waals surface area contributed by atoms with Crippen molar-refractivity contribution in [2.75, 3.05) is 6.61 Å². The summed E-state index contributed by atoms with van der Waals surface area (Å²) in [7, 11) is -4.23. The highest BCUT2D eigenvalue weighted by molar-refractivity contribution is 9.11. The van der Waals surface area contributed by atoms with E-state index in [-0.39, 0.29) is 37.3 Å². The average Bonchev–Trinajstić information content (AvgIpc) is 3.44. The summed E-state index contributed by atoms with van der Waals surface area (Å²) in [6, 6.07) is 8.31. The van der Waals surface area contributed by atoms with Crippen LogP contribution in [0.4, 0.5) is 0 Å². The third kappa shape index (κ3) is 12.1. The van der Waals surface area contributed by atoms with Gasteiger partial charge in [0, 0.05) is 24.3 Å². The van der Waals surface area contributed by atoms with Crippen LogP contribution < -0.4 is 5.09 Å². The fourth-order valence-corrected chi connectivity index (χ4v) is 8.45. The van der Waals surface area contributed by atoms with Gasteiger partial charge in [0.1, 0.15) is 24.5 Å². The lowest BCUT2D eigenvalue weighted by atomic mass is 9.76. The fraction of sp³-hybridized carbons (Fsp3) is 0.579. The Morgan fingerprint density at radius 1 is 1.24 bits per heavy atom. The average molecular weight is 779 g/mol. The number of carbonyl (C=O) groups is 2. The first kappa shape index (κ1) is 40.4. The van der Waals surface area contributed by atoms with Gasteiger partial charge in [0.25, 0.3) is 0 Å². The van der Waals surface area contributed by atoms with E-state index in [9.17, 15) is 24.4 Å². The van der Waals surface area contributed by atoms with E-state index in [1.165, 1.54) is 0 Å². The molecule has 12 heteroatoms. The minimum Gasteiger partial charge on any atom is -0.460 e. The number of benzene rings is 1. The van der Waals surface area contributed by atoms with Crippen molar-refractivity contribution in [2.45, 2.75) is 116 Å². The normalized spacial score (nSPS) is 30.7. The number of aliphatic hydroxyl groups excluding tert-OH is 1. The van der Waals surface area contributed by atoms with Crippen LogP contribution in [0.3, 0.4) is 0 Å². The SMILES string of the molecule is CC(C)C[C@H](NP(=O)(OC[C@H]1O[C@@H]([C@@H]2CC/C=C(/C=C/Br)C(=O)CCC[C@@]2(C)O)CC1O)OC1=CCC(C)C=C1)C(=O)OCc1ccccc1. The molecule has 0 spiro atoms. The lowest BCUT2D eigenvalue weighted by Gasteiger charge is -2.37. The Morgan fingerprint density at radius 3 is 2.68 bits per heavy atom. The largest absolute Gasteiger partial charge is 0.460 e. The maximum atomic E-state index is 14.5. The number of hydrogen-bond donors (Lipinski definition) is 3. The number of ketones is 1. The van der Waals surface area contributed by atoms with Crippen molar-refractivity contribution in [3.8, 4) is 0 Å². The Hall–Kier alpha value is -2.37. The summed E-state index contributed by atoms with van der Waals surface area (Å²) in [5.74, 6) is -0.198. The van der Waals surface area contributed by atoms with E-state index >= 15 is 0 Å². The van der Waals surface area contributed by atoms with E-state index in [0.29, 0.717) is 62.2 Å². The molecule has 8 atom stereocenters. The molecule has 0 radical (unpaired) electrons. The van der Waals surface area contributed by atoms with Crippen molar-refractivity contribution in [1.29, 1.82) is 0 Å². The van der Waals surface area contributed by atoms with Crippen LogP contribution in [-0.4, -0.2) is 58.5 Å². The van der Waals surface area contributed by atoms with Gasteiger partial charge in [-0.3, -0.25) is 14.1 Å². The van der Waals surface area contributed by atoms with E-state index in [2.05, 4.69) is 27.9 Å². The molecule has 0 aromatic heterocycles. The minimum absolute atomic E-state index is 0.0362. The second-order valence-corrected chi connectivity index (χ2v) is 16.5. The predicted octanol–water partition coefficient (Wildman–Crippen LogP) is 7.61. The van der Waals surface area contributed by atoms with Gasteiger partial charge < -0.3 is 24.2 Å². The summed E-state index contributed by atoms with van der Waals surface area (Å²) in [5.41, 5.74) is 0.308. The summed E-state index contributed by atoms with van der Waals surface area (Å²) in [5, 5.41) is 25.6. The summed E-state index contributed by atoms with van der Waals surface area (Å²) < 4.78 is 38.4. The third-order valence-electron chi connectivity index (χ3n) is 9.44. The van der Waals surface area contributed by atoms with Crippen LogP contribution in [0, 0.1) is 17.8 Å². The molecule has 1 aromatic rings. The first-order chi connectivity index (χ1) is 23.8. The highest BCUT2D eigenvalue weighted by Gasteiger charge is 2.46. The van der Waals surface area contributed by atoms with Crippen molar-refractivity contribution in [2.24, 2.45) is 17.8 Å². The first-order valence-electron chi connectivity index (χ1n) is 17.7. The van der Waals surface area contributed by atoms with Crippen LogP contribution in [0.1, 0.15) is 84.6 Å². The molecule has 1 fully saturated rings. The van der Waals surface area contributed by atoms with Crippen molar-refractivity contribution < 1.29 is 42.9 Å². The van der Waals surface area contributed by atoms with Crippen LogP contribution >= 0.6 is 23.7 Å². The molecular weight excluding hydrogens is 725 g/mol. The second kappa shape index (κ2) is 18.9. The molecule has 1 aromatic carbocycles. The maximum Gasteiger partial charge on any atom is 0.459 e. The first-order valence-corrected chi connectivity index (χ1v) is 20.1. The minimum atomic E-state index is -4.23. The van der Waals surface area contributed by atoms with Crippen molar-refractivity contribution in [3.05, 3.63) is 82.6 Å². The lowest BCUT2D eigenvalue weighted by Crippen LogP contribution is -2.42. The van der Waals surface area contributed by atoms with Crippen LogP contribution in [0.5, 0.6) is 0 Å². The molecule has 2 aliphatic carbocycles. The summed E-state index contributed by atoms with van der Waals surface area (Å²) >= 11 is 3.26. The molecule has 0 bridgehead atoms. The molecule has 0 saturated carbocycles. The summed E-state index contributed by atoms with van der Waals surface area (Å²) in [6.45, 7) is 7.48. The summed E-state index contributed by atoms with van der Waals surface area (Å²) in [4.78, 5) is 27.7. The van der Waals surface area contributed by atoms with Crippen molar-refractivity contribution in [3.63, 3.8) is 0 Å². The predicted molar refractivity (Wildman–Crippen MR) is 196 cm³/mol. The van der Waals surface area contributed by atoms with E-state index in [0.717, 1.165) is 5.56 Å². The number of carbonyl (C=O) groups excluding carboxylic acids is 2. The fourth-order valence-electron chi connectivity index (χ4n) is 6.63. The van der Waals surface area contributed by atoms with Gasteiger partial charge in [-0.15, -0.1) is 0 Å². The molecule has 50 heavy (non-hydrogen) atoms. The zero-order chi connectivity index (χ0) is 36.3. The topological polar surface area (TPSA) is 141 Å². The van der Waals surface area contributed by atoms with E-state index < -0.39 is 43.7 Å². The van der Waals surface area contributed by atoms with Crippen molar-refractivity contribution >= 4 is 35.4 Å². The zero-order valence-electron chi connectivity index (χ0n) is 29.5. The number of aliphatic hydroxyl groups is 2. The zero-order valence-corrected chi connectivity index (χ0v) is 32.0. The number of esters is 1. The lowest BCUT2D eigenvalue weighted by molar-refractivity contribution is -0.147. The molecular formula is C38H53BrNO9P. The molecule has 1 saturated heterocycles. The molecule has 3 unspecified atom stereocenters.